The zero-order chi connectivity index (χ0) is 17.9. The molecule has 2 amide bonds. The Kier molecular flexibility index (Phi) is 7.33. The van der Waals surface area contributed by atoms with Gasteiger partial charge in [-0.3, -0.25) is 14.6 Å². The number of rotatable bonds is 9. The van der Waals surface area contributed by atoms with Crippen molar-refractivity contribution in [3.05, 3.63) is 48.4 Å². The first kappa shape index (κ1) is 18.3. The van der Waals surface area contributed by atoms with Gasteiger partial charge in [-0.25, -0.2) is 4.98 Å². The van der Waals surface area contributed by atoms with Crippen LogP contribution in [-0.2, 0) is 9.53 Å². The maximum Gasteiger partial charge on any atom is 0.256 e. The summed E-state index contributed by atoms with van der Waals surface area (Å²) in [5.41, 5.74) is 0.922. The van der Waals surface area contributed by atoms with Gasteiger partial charge in [0.1, 0.15) is 12.2 Å². The second-order valence-electron chi connectivity index (χ2n) is 4.99. The highest BCUT2D eigenvalue weighted by Gasteiger charge is 2.13. The Morgan fingerprint density at radius 2 is 2.00 bits per heavy atom. The van der Waals surface area contributed by atoms with Crippen molar-refractivity contribution in [1.82, 2.24) is 15.3 Å². The number of amides is 2. The number of ether oxygens (including phenoxy) is 2. The van der Waals surface area contributed by atoms with Crippen molar-refractivity contribution in [2.45, 2.75) is 6.42 Å². The molecule has 0 unspecified atom stereocenters. The third-order valence-corrected chi connectivity index (χ3v) is 3.12. The van der Waals surface area contributed by atoms with Crippen LogP contribution in [-0.4, -0.2) is 48.7 Å². The predicted molar refractivity (Wildman–Crippen MR) is 91.4 cm³/mol. The first-order chi connectivity index (χ1) is 12.2. The largest absolute Gasteiger partial charge is 0.475 e. The smallest absolute Gasteiger partial charge is 0.256 e. The van der Waals surface area contributed by atoms with Gasteiger partial charge in [-0.15, -0.1) is 0 Å². The van der Waals surface area contributed by atoms with Crippen LogP contribution in [0.25, 0.3) is 0 Å². The van der Waals surface area contributed by atoms with E-state index in [2.05, 4.69) is 20.6 Å². The molecule has 0 aliphatic carbocycles. The van der Waals surface area contributed by atoms with Gasteiger partial charge < -0.3 is 20.1 Å². The Morgan fingerprint density at radius 3 is 2.76 bits per heavy atom. The molecule has 8 heteroatoms. The summed E-state index contributed by atoms with van der Waals surface area (Å²) in [6, 6.07) is 6.72. The Morgan fingerprint density at radius 1 is 1.16 bits per heavy atom. The molecule has 132 valence electrons. The Balaban J connectivity index is 1.81. The molecule has 2 N–H and O–H groups in total. The second kappa shape index (κ2) is 9.99. The van der Waals surface area contributed by atoms with E-state index in [1.54, 1.807) is 50.0 Å². The maximum absolute atomic E-state index is 12.2. The van der Waals surface area contributed by atoms with Gasteiger partial charge >= 0.3 is 0 Å². The molecule has 0 atom stereocenters. The van der Waals surface area contributed by atoms with Crippen LogP contribution in [0.1, 0.15) is 16.8 Å². The summed E-state index contributed by atoms with van der Waals surface area (Å²) >= 11 is 0. The van der Waals surface area contributed by atoms with Crippen molar-refractivity contribution in [2.24, 2.45) is 0 Å². The molecule has 0 bridgehead atoms. The summed E-state index contributed by atoms with van der Waals surface area (Å²) in [4.78, 5) is 32.0. The molecular formula is C17H20N4O4. The highest BCUT2D eigenvalue weighted by atomic mass is 16.5. The van der Waals surface area contributed by atoms with Crippen LogP contribution in [0, 0.1) is 0 Å². The molecule has 0 aliphatic heterocycles. The molecular weight excluding hydrogens is 324 g/mol. The molecule has 0 aliphatic rings. The zero-order valence-corrected chi connectivity index (χ0v) is 13.9. The van der Waals surface area contributed by atoms with E-state index in [1.165, 1.54) is 0 Å². The number of carbonyl (C=O) groups excluding carboxylic acids is 2. The van der Waals surface area contributed by atoms with Crippen molar-refractivity contribution >= 4 is 17.5 Å². The standard InChI is InChI=1S/C17H20N4O4/c1-24-10-11-25-17-14(5-3-8-20-17)16(23)19-9-6-15(22)21-13-4-2-7-18-12-13/h2-5,7-8,12H,6,9-11H2,1H3,(H,19,23)(H,21,22). The van der Waals surface area contributed by atoms with Gasteiger partial charge in [-0.05, 0) is 24.3 Å². The van der Waals surface area contributed by atoms with Crippen molar-refractivity contribution in [2.75, 3.05) is 32.2 Å². The molecule has 2 aromatic heterocycles. The number of hydrogen-bond donors (Lipinski definition) is 2. The minimum atomic E-state index is -0.352. The first-order valence-electron chi connectivity index (χ1n) is 7.75. The van der Waals surface area contributed by atoms with Crippen molar-refractivity contribution < 1.29 is 19.1 Å². The fraction of sp³-hybridized carbons (Fsp3) is 0.294. The van der Waals surface area contributed by atoms with E-state index in [-0.39, 0.29) is 30.7 Å². The molecule has 0 fully saturated rings. The number of pyridine rings is 2. The molecule has 8 nitrogen and oxygen atoms in total. The SMILES string of the molecule is COCCOc1ncccc1C(=O)NCCC(=O)Nc1cccnc1. The van der Waals surface area contributed by atoms with Crippen molar-refractivity contribution in [1.29, 1.82) is 0 Å². The Hall–Kier alpha value is -3.00. The highest BCUT2D eigenvalue weighted by Crippen LogP contribution is 2.14. The monoisotopic (exact) mass is 344 g/mol. The Bertz CT molecular complexity index is 694. The lowest BCUT2D eigenvalue weighted by molar-refractivity contribution is -0.116. The second-order valence-corrected chi connectivity index (χ2v) is 4.99. The van der Waals surface area contributed by atoms with E-state index in [9.17, 15) is 9.59 Å². The predicted octanol–water partition coefficient (Wildman–Crippen LogP) is 1.26. The minimum Gasteiger partial charge on any atom is -0.475 e. The average Bonchev–Trinajstić information content (AvgIpc) is 2.63. The lowest BCUT2D eigenvalue weighted by Gasteiger charge is -2.10. The summed E-state index contributed by atoms with van der Waals surface area (Å²) in [6.45, 7) is 0.880. The van der Waals surface area contributed by atoms with Gasteiger partial charge in [0.15, 0.2) is 0 Å². The van der Waals surface area contributed by atoms with Crippen LogP contribution in [0.2, 0.25) is 0 Å². The number of methoxy groups -OCH3 is 1. The van der Waals surface area contributed by atoms with E-state index in [1.807, 2.05) is 0 Å². The van der Waals surface area contributed by atoms with E-state index >= 15 is 0 Å². The maximum atomic E-state index is 12.2. The number of carbonyl (C=O) groups is 2. The van der Waals surface area contributed by atoms with Crippen LogP contribution in [0.5, 0.6) is 5.88 Å². The number of anilines is 1. The van der Waals surface area contributed by atoms with Gasteiger partial charge in [0.05, 0.1) is 18.5 Å². The lowest BCUT2D eigenvalue weighted by Crippen LogP contribution is -2.28. The number of nitrogens with zero attached hydrogens (tertiary/aromatic N) is 2. The van der Waals surface area contributed by atoms with E-state index in [0.29, 0.717) is 24.5 Å². The summed E-state index contributed by atoms with van der Waals surface area (Å²) in [5.74, 6) is -0.331. The summed E-state index contributed by atoms with van der Waals surface area (Å²) < 4.78 is 10.3. The molecule has 2 aromatic rings. The molecule has 0 radical (unpaired) electrons. The molecule has 0 saturated heterocycles. The van der Waals surface area contributed by atoms with Crippen LogP contribution < -0.4 is 15.4 Å². The van der Waals surface area contributed by atoms with Crippen LogP contribution in [0.3, 0.4) is 0 Å². The molecule has 0 saturated carbocycles. The van der Waals surface area contributed by atoms with Gasteiger partial charge in [0.2, 0.25) is 11.8 Å². The lowest BCUT2D eigenvalue weighted by atomic mass is 10.2. The normalized spacial score (nSPS) is 10.1. The zero-order valence-electron chi connectivity index (χ0n) is 13.9. The summed E-state index contributed by atoms with van der Waals surface area (Å²) in [7, 11) is 1.56. The van der Waals surface area contributed by atoms with E-state index in [0.717, 1.165) is 0 Å². The minimum absolute atomic E-state index is 0.140. The van der Waals surface area contributed by atoms with Gasteiger partial charge in [0.25, 0.3) is 5.91 Å². The fourth-order valence-electron chi connectivity index (χ4n) is 1.95. The van der Waals surface area contributed by atoms with Crippen molar-refractivity contribution in [3.63, 3.8) is 0 Å². The number of nitrogens with one attached hydrogen (secondary N) is 2. The van der Waals surface area contributed by atoms with Gasteiger partial charge in [-0.2, -0.15) is 0 Å². The number of hydrogen-bond acceptors (Lipinski definition) is 6. The highest BCUT2D eigenvalue weighted by molar-refractivity contribution is 5.97. The van der Waals surface area contributed by atoms with Crippen LogP contribution in [0.15, 0.2) is 42.9 Å². The Labute approximate surface area is 145 Å². The van der Waals surface area contributed by atoms with E-state index in [4.69, 9.17) is 9.47 Å². The molecule has 2 heterocycles. The van der Waals surface area contributed by atoms with Crippen LogP contribution >= 0.6 is 0 Å². The molecule has 0 spiro atoms. The van der Waals surface area contributed by atoms with E-state index < -0.39 is 0 Å². The third-order valence-electron chi connectivity index (χ3n) is 3.12. The molecule has 0 aromatic carbocycles. The quantitative estimate of drug-likeness (QED) is 0.664. The first-order valence-corrected chi connectivity index (χ1v) is 7.75. The topological polar surface area (TPSA) is 102 Å². The van der Waals surface area contributed by atoms with Crippen LogP contribution in [0.4, 0.5) is 5.69 Å². The fourth-order valence-corrected chi connectivity index (χ4v) is 1.95. The van der Waals surface area contributed by atoms with Crippen molar-refractivity contribution in [3.8, 4) is 5.88 Å². The number of aromatic nitrogens is 2. The molecule has 2 rings (SSSR count). The average molecular weight is 344 g/mol. The third kappa shape index (κ3) is 6.19. The summed E-state index contributed by atoms with van der Waals surface area (Å²) in [5, 5.41) is 5.38. The van der Waals surface area contributed by atoms with Gasteiger partial charge in [-0.1, -0.05) is 0 Å². The summed E-state index contributed by atoms with van der Waals surface area (Å²) in [6.07, 6.45) is 4.85. The molecule has 25 heavy (non-hydrogen) atoms. The van der Waals surface area contributed by atoms with Gasteiger partial charge in [0, 0.05) is 32.5 Å².